The molecule has 1 aliphatic heterocycles. The lowest BCUT2D eigenvalue weighted by Crippen LogP contribution is -2.37. The molecule has 130 valence electrons. The van der Waals surface area contributed by atoms with Crippen LogP contribution < -0.4 is 5.32 Å². The maximum absolute atomic E-state index is 11.5. The van der Waals surface area contributed by atoms with Gasteiger partial charge in [0.2, 0.25) is 0 Å². The Labute approximate surface area is 135 Å². The number of carbonyl (C=O) groups is 1. The standard InChI is InChI=1S/C17H34N2O3/c1-14(13-20)15-7-11-19(12-8-15)10-6-5-9-18-16(21)22-17(2,3)4/h14-15,20H,5-13H2,1-4H3,(H,18,21). The van der Waals surface area contributed by atoms with Crippen molar-refractivity contribution in [1.82, 2.24) is 10.2 Å². The summed E-state index contributed by atoms with van der Waals surface area (Å²) in [4.78, 5) is 14.0. The van der Waals surface area contributed by atoms with Crippen molar-refractivity contribution in [3.8, 4) is 0 Å². The van der Waals surface area contributed by atoms with Crippen LogP contribution in [-0.2, 0) is 4.74 Å². The second-order valence-electron chi connectivity index (χ2n) is 7.47. The van der Waals surface area contributed by atoms with E-state index in [0.29, 0.717) is 25.0 Å². The lowest BCUT2D eigenvalue weighted by Gasteiger charge is -2.34. The van der Waals surface area contributed by atoms with Gasteiger partial charge in [0, 0.05) is 13.2 Å². The number of likely N-dealkylation sites (tertiary alicyclic amines) is 1. The summed E-state index contributed by atoms with van der Waals surface area (Å²) in [5.74, 6) is 1.11. The zero-order chi connectivity index (χ0) is 16.6. The Morgan fingerprint density at radius 3 is 2.50 bits per heavy atom. The van der Waals surface area contributed by atoms with Crippen LogP contribution in [0.25, 0.3) is 0 Å². The summed E-state index contributed by atoms with van der Waals surface area (Å²) in [6, 6.07) is 0. The molecule has 0 aromatic heterocycles. The van der Waals surface area contributed by atoms with Crippen LogP contribution >= 0.6 is 0 Å². The Balaban J connectivity index is 2.03. The van der Waals surface area contributed by atoms with E-state index in [-0.39, 0.29) is 6.09 Å². The largest absolute Gasteiger partial charge is 0.444 e. The third-order valence-corrected chi connectivity index (χ3v) is 4.29. The Morgan fingerprint density at radius 1 is 1.32 bits per heavy atom. The Bertz CT molecular complexity index is 320. The molecule has 1 unspecified atom stereocenters. The molecule has 0 saturated carbocycles. The van der Waals surface area contributed by atoms with E-state index in [4.69, 9.17) is 4.74 Å². The summed E-state index contributed by atoms with van der Waals surface area (Å²) in [7, 11) is 0. The molecule has 0 radical (unpaired) electrons. The van der Waals surface area contributed by atoms with Gasteiger partial charge in [-0.25, -0.2) is 4.79 Å². The van der Waals surface area contributed by atoms with Crippen LogP contribution in [0.1, 0.15) is 53.4 Å². The highest BCUT2D eigenvalue weighted by molar-refractivity contribution is 5.67. The number of carbonyl (C=O) groups excluding carboxylic acids is 1. The molecule has 0 aromatic carbocycles. The summed E-state index contributed by atoms with van der Waals surface area (Å²) in [5, 5.41) is 12.0. The first-order chi connectivity index (χ1) is 10.3. The number of aliphatic hydroxyl groups excluding tert-OH is 1. The summed E-state index contributed by atoms with van der Waals surface area (Å²) in [6.07, 6.45) is 4.13. The second-order valence-corrected chi connectivity index (χ2v) is 7.47. The molecule has 2 N–H and O–H groups in total. The fourth-order valence-electron chi connectivity index (χ4n) is 2.86. The van der Waals surface area contributed by atoms with Crippen molar-refractivity contribution in [2.24, 2.45) is 11.8 Å². The molecule has 1 heterocycles. The molecule has 0 aromatic rings. The first-order valence-corrected chi connectivity index (χ1v) is 8.62. The molecule has 1 amide bonds. The van der Waals surface area contributed by atoms with E-state index in [0.717, 1.165) is 32.5 Å². The Morgan fingerprint density at radius 2 is 1.95 bits per heavy atom. The minimum Gasteiger partial charge on any atom is -0.444 e. The third kappa shape index (κ3) is 7.99. The molecule has 1 saturated heterocycles. The number of amides is 1. The highest BCUT2D eigenvalue weighted by atomic mass is 16.6. The SMILES string of the molecule is CC(CO)C1CCN(CCCCNC(=O)OC(C)(C)C)CC1. The van der Waals surface area contributed by atoms with Crippen molar-refractivity contribution < 1.29 is 14.6 Å². The first kappa shape index (κ1) is 19.2. The maximum atomic E-state index is 11.5. The minimum absolute atomic E-state index is 0.307. The number of rotatable bonds is 7. The van der Waals surface area contributed by atoms with Crippen LogP contribution in [0.15, 0.2) is 0 Å². The number of unbranched alkanes of at least 4 members (excludes halogenated alkanes) is 1. The molecule has 0 bridgehead atoms. The smallest absolute Gasteiger partial charge is 0.407 e. The fourth-order valence-corrected chi connectivity index (χ4v) is 2.86. The van der Waals surface area contributed by atoms with Crippen LogP contribution in [0.3, 0.4) is 0 Å². The lowest BCUT2D eigenvalue weighted by atomic mass is 9.86. The van der Waals surface area contributed by atoms with Gasteiger partial charge < -0.3 is 20.1 Å². The first-order valence-electron chi connectivity index (χ1n) is 8.62. The topological polar surface area (TPSA) is 61.8 Å². The number of nitrogens with one attached hydrogen (secondary N) is 1. The van der Waals surface area contributed by atoms with Gasteiger partial charge in [-0.1, -0.05) is 6.92 Å². The normalized spacial score (nSPS) is 19.0. The van der Waals surface area contributed by atoms with E-state index in [1.807, 2.05) is 20.8 Å². The van der Waals surface area contributed by atoms with E-state index in [1.54, 1.807) is 0 Å². The number of hydrogen-bond donors (Lipinski definition) is 2. The summed E-state index contributed by atoms with van der Waals surface area (Å²) in [6.45, 7) is 12.1. The van der Waals surface area contributed by atoms with Crippen molar-refractivity contribution >= 4 is 6.09 Å². The van der Waals surface area contributed by atoms with Gasteiger partial charge in [-0.3, -0.25) is 0 Å². The molecular formula is C17H34N2O3. The van der Waals surface area contributed by atoms with Crippen molar-refractivity contribution in [2.45, 2.75) is 59.0 Å². The van der Waals surface area contributed by atoms with Crippen molar-refractivity contribution in [1.29, 1.82) is 0 Å². The van der Waals surface area contributed by atoms with Gasteiger partial charge in [0.25, 0.3) is 0 Å². The van der Waals surface area contributed by atoms with Gasteiger partial charge in [0.15, 0.2) is 0 Å². The van der Waals surface area contributed by atoms with E-state index in [9.17, 15) is 9.90 Å². The van der Waals surface area contributed by atoms with Gasteiger partial charge >= 0.3 is 6.09 Å². The zero-order valence-corrected chi connectivity index (χ0v) is 14.7. The average Bonchev–Trinajstić information content (AvgIpc) is 2.45. The van der Waals surface area contributed by atoms with E-state index < -0.39 is 5.60 Å². The molecule has 1 rings (SSSR count). The van der Waals surface area contributed by atoms with Gasteiger partial charge in [0.05, 0.1) is 0 Å². The fraction of sp³-hybridized carbons (Fsp3) is 0.941. The van der Waals surface area contributed by atoms with E-state index >= 15 is 0 Å². The summed E-state index contributed by atoms with van der Waals surface area (Å²) < 4.78 is 5.20. The minimum atomic E-state index is -0.430. The van der Waals surface area contributed by atoms with Crippen molar-refractivity contribution in [2.75, 3.05) is 32.8 Å². The number of alkyl carbamates (subject to hydrolysis) is 1. The zero-order valence-electron chi connectivity index (χ0n) is 14.7. The number of nitrogens with zero attached hydrogens (tertiary/aromatic N) is 1. The van der Waals surface area contributed by atoms with Crippen LogP contribution in [0.2, 0.25) is 0 Å². The van der Waals surface area contributed by atoms with Crippen molar-refractivity contribution in [3.05, 3.63) is 0 Å². The van der Waals surface area contributed by atoms with Crippen molar-refractivity contribution in [3.63, 3.8) is 0 Å². The molecule has 22 heavy (non-hydrogen) atoms. The van der Waals surface area contributed by atoms with Gasteiger partial charge in [0.1, 0.15) is 5.60 Å². The molecule has 1 fully saturated rings. The number of piperidine rings is 1. The van der Waals surface area contributed by atoms with Crippen LogP contribution in [0.5, 0.6) is 0 Å². The molecule has 1 atom stereocenters. The average molecular weight is 314 g/mol. The highest BCUT2D eigenvalue weighted by Crippen LogP contribution is 2.24. The maximum Gasteiger partial charge on any atom is 0.407 e. The monoisotopic (exact) mass is 314 g/mol. The Hall–Kier alpha value is -0.810. The highest BCUT2D eigenvalue weighted by Gasteiger charge is 2.23. The van der Waals surface area contributed by atoms with E-state index in [2.05, 4.69) is 17.1 Å². The molecule has 5 nitrogen and oxygen atoms in total. The molecular weight excluding hydrogens is 280 g/mol. The van der Waals surface area contributed by atoms with Crippen LogP contribution in [0, 0.1) is 11.8 Å². The molecule has 0 aliphatic carbocycles. The van der Waals surface area contributed by atoms with Gasteiger partial charge in [-0.15, -0.1) is 0 Å². The predicted molar refractivity (Wildman–Crippen MR) is 88.9 cm³/mol. The number of ether oxygens (including phenoxy) is 1. The van der Waals surface area contributed by atoms with Crippen LogP contribution in [0.4, 0.5) is 4.79 Å². The summed E-state index contributed by atoms with van der Waals surface area (Å²) >= 11 is 0. The van der Waals surface area contributed by atoms with Crippen LogP contribution in [-0.4, -0.2) is 54.5 Å². The quantitative estimate of drug-likeness (QED) is 0.709. The predicted octanol–water partition coefficient (Wildman–Crippen LogP) is 2.63. The lowest BCUT2D eigenvalue weighted by molar-refractivity contribution is 0.0526. The molecule has 0 spiro atoms. The summed E-state index contributed by atoms with van der Waals surface area (Å²) in [5.41, 5.74) is -0.430. The third-order valence-electron chi connectivity index (χ3n) is 4.29. The van der Waals surface area contributed by atoms with Gasteiger partial charge in [-0.05, 0) is 77.9 Å². The Kier molecular flexibility index (Phi) is 8.18. The number of hydrogen-bond acceptors (Lipinski definition) is 4. The van der Waals surface area contributed by atoms with Gasteiger partial charge in [-0.2, -0.15) is 0 Å². The molecule has 5 heteroatoms. The second kappa shape index (κ2) is 9.36. The number of aliphatic hydroxyl groups is 1. The van der Waals surface area contributed by atoms with E-state index in [1.165, 1.54) is 12.8 Å². The molecule has 1 aliphatic rings.